The minimum atomic E-state index is 0. The number of rotatable bonds is 4. The van der Waals surface area contributed by atoms with Crippen molar-refractivity contribution in [1.29, 1.82) is 0 Å². The standard InChI is InChI=1S/C6H12O2.C3H6O.W/c1-6(3-7-2)4-8-5-6;1-3-4-2;/h3-5H2,1-2H3;3H,2H2,1H3;/q;-2;+2/i;2D;. The van der Waals surface area contributed by atoms with Crippen molar-refractivity contribution in [2.75, 3.05) is 26.9 Å². The molecule has 0 aromatic heterocycles. The predicted molar refractivity (Wildman–Crippen MR) is 47.2 cm³/mol. The van der Waals surface area contributed by atoms with Crippen LogP contribution in [-0.2, 0) is 35.3 Å². The van der Waals surface area contributed by atoms with Gasteiger partial charge in [0.25, 0.3) is 0 Å². The fraction of sp³-hybridized carbons (Fsp3) is 0.778. The Morgan fingerprint density at radius 2 is 2.31 bits per heavy atom. The quantitative estimate of drug-likeness (QED) is 0.715. The molecular formula is C9H18O3W. The van der Waals surface area contributed by atoms with E-state index in [0.29, 0.717) is 5.41 Å². The smallest absolute Gasteiger partial charge is 0.717 e. The normalized spacial score (nSPS) is 18.5. The van der Waals surface area contributed by atoms with Crippen LogP contribution in [0.5, 0.6) is 0 Å². The molecule has 4 heteroatoms. The Morgan fingerprint density at radius 3 is 2.38 bits per heavy atom. The topological polar surface area (TPSA) is 27.7 Å². The molecule has 0 amide bonds. The Balaban J connectivity index is 0. The molecule has 0 unspecified atom stereocenters. The zero-order valence-electron chi connectivity index (χ0n) is 9.41. The monoisotopic (exact) mass is 359 g/mol. The summed E-state index contributed by atoms with van der Waals surface area (Å²) in [5.74, 6) is 0. The molecule has 0 radical (unpaired) electrons. The van der Waals surface area contributed by atoms with Crippen molar-refractivity contribution in [2.24, 2.45) is 5.41 Å². The van der Waals surface area contributed by atoms with Gasteiger partial charge in [-0.15, -0.1) is 0 Å². The third-order valence-corrected chi connectivity index (χ3v) is 1.53. The van der Waals surface area contributed by atoms with Gasteiger partial charge in [0.05, 0.1) is 19.8 Å². The average Bonchev–Trinajstić information content (AvgIpc) is 2.05. The number of hydrogen-bond acceptors (Lipinski definition) is 3. The molecule has 0 N–H and O–H groups in total. The molecule has 0 atom stereocenters. The number of ether oxygens (including phenoxy) is 3. The van der Waals surface area contributed by atoms with Crippen molar-refractivity contribution in [2.45, 2.75) is 13.8 Å². The maximum Gasteiger partial charge on any atom is 2.00 e. The summed E-state index contributed by atoms with van der Waals surface area (Å²) in [5, 5.41) is 0. The second kappa shape index (κ2) is 9.14. The summed E-state index contributed by atoms with van der Waals surface area (Å²) < 4.78 is 20.5. The molecule has 3 nitrogen and oxygen atoms in total. The first kappa shape index (κ1) is 13.6. The zero-order valence-corrected chi connectivity index (χ0v) is 11.3. The van der Waals surface area contributed by atoms with Crippen molar-refractivity contribution in [3.8, 4) is 0 Å². The summed E-state index contributed by atoms with van der Waals surface area (Å²) in [7, 11) is 2.60. The Morgan fingerprint density at radius 1 is 1.69 bits per heavy atom. The Bertz CT molecular complexity index is 119. The minimum Gasteiger partial charge on any atom is -0.717 e. The summed E-state index contributed by atoms with van der Waals surface area (Å²) in [6.07, 6.45) is 0. The van der Waals surface area contributed by atoms with Crippen molar-refractivity contribution in [3.63, 3.8) is 0 Å². The molecule has 0 saturated carbocycles. The maximum atomic E-state index is 6.22. The average molecular weight is 359 g/mol. The molecule has 1 rings (SSSR count). The van der Waals surface area contributed by atoms with Crippen molar-refractivity contribution in [1.82, 2.24) is 0 Å². The van der Waals surface area contributed by atoms with E-state index in [9.17, 15) is 0 Å². The van der Waals surface area contributed by atoms with E-state index >= 15 is 0 Å². The molecule has 78 valence electrons. The van der Waals surface area contributed by atoms with E-state index < -0.39 is 0 Å². The first-order valence-electron chi connectivity index (χ1n) is 4.46. The summed E-state index contributed by atoms with van der Waals surface area (Å²) in [6, 6.07) is 0. The Labute approximate surface area is 96.8 Å². The minimum absolute atomic E-state index is 0. The van der Waals surface area contributed by atoms with E-state index in [4.69, 9.17) is 10.8 Å². The van der Waals surface area contributed by atoms with E-state index in [1.807, 2.05) is 0 Å². The molecular weight excluding hydrogens is 340 g/mol. The molecule has 1 saturated heterocycles. The van der Waals surface area contributed by atoms with Crippen LogP contribution in [0.4, 0.5) is 0 Å². The van der Waals surface area contributed by atoms with Crippen molar-refractivity contribution >= 4 is 0 Å². The van der Waals surface area contributed by atoms with Gasteiger partial charge in [-0.25, -0.2) is 0 Å². The van der Waals surface area contributed by atoms with Gasteiger partial charge in [0.2, 0.25) is 0 Å². The number of hydrogen-bond donors (Lipinski definition) is 0. The van der Waals surface area contributed by atoms with Crippen LogP contribution in [0.15, 0.2) is 0 Å². The Hall–Kier alpha value is 0.568. The summed E-state index contributed by atoms with van der Waals surface area (Å²) in [6.45, 7) is 7.87. The summed E-state index contributed by atoms with van der Waals surface area (Å²) in [5.41, 5.74) is 0.328. The van der Waals surface area contributed by atoms with Gasteiger partial charge in [-0.05, 0) is 0 Å². The molecule has 1 aliphatic heterocycles. The molecule has 0 aliphatic carbocycles. The van der Waals surface area contributed by atoms with Gasteiger partial charge in [-0.2, -0.15) is 8.29 Å². The van der Waals surface area contributed by atoms with Crippen LogP contribution in [0.1, 0.15) is 15.2 Å². The fourth-order valence-corrected chi connectivity index (χ4v) is 0.882. The van der Waals surface area contributed by atoms with Gasteiger partial charge in [-0.3, -0.25) is 13.7 Å². The van der Waals surface area contributed by atoms with Gasteiger partial charge >= 0.3 is 21.1 Å². The summed E-state index contributed by atoms with van der Waals surface area (Å²) >= 11 is 0. The molecule has 1 heterocycles. The Kier molecular flexibility index (Phi) is 9.54. The van der Waals surface area contributed by atoms with Gasteiger partial charge in [-0.1, -0.05) is 6.92 Å². The van der Waals surface area contributed by atoms with E-state index in [1.165, 1.54) is 6.61 Å². The van der Waals surface area contributed by atoms with E-state index in [2.05, 4.69) is 11.7 Å². The third-order valence-electron chi connectivity index (χ3n) is 1.53. The predicted octanol–water partition coefficient (Wildman–Crippen LogP) is 1.64. The first-order chi connectivity index (χ1) is 6.18. The van der Waals surface area contributed by atoms with Crippen LogP contribution >= 0.6 is 0 Å². The fourth-order valence-electron chi connectivity index (χ4n) is 0.882. The van der Waals surface area contributed by atoms with Crippen LogP contribution in [0.2, 0.25) is 0 Å². The van der Waals surface area contributed by atoms with Gasteiger partial charge in [0, 0.05) is 12.5 Å². The maximum absolute atomic E-state index is 6.22. The van der Waals surface area contributed by atoms with Gasteiger partial charge in [0.1, 0.15) is 0 Å². The van der Waals surface area contributed by atoms with Crippen molar-refractivity contribution < 1.29 is 36.6 Å². The van der Waals surface area contributed by atoms with Crippen molar-refractivity contribution in [3.05, 3.63) is 13.7 Å². The molecule has 0 aromatic carbocycles. The molecule has 13 heavy (non-hydrogen) atoms. The van der Waals surface area contributed by atoms with E-state index in [0.717, 1.165) is 26.9 Å². The van der Waals surface area contributed by atoms with Gasteiger partial charge in [0.15, 0.2) is 0 Å². The molecule has 0 aromatic rings. The second-order valence-electron chi connectivity index (χ2n) is 3.11. The summed E-state index contributed by atoms with van der Waals surface area (Å²) in [4.78, 5) is 0. The molecule has 0 spiro atoms. The van der Waals surface area contributed by atoms with E-state index in [1.54, 1.807) is 14.0 Å². The second-order valence-corrected chi connectivity index (χ2v) is 3.11. The number of methoxy groups -OCH3 is 1. The molecule has 0 bridgehead atoms. The molecule has 1 fully saturated rings. The third kappa shape index (κ3) is 7.62. The van der Waals surface area contributed by atoms with E-state index in [-0.39, 0.29) is 21.1 Å². The van der Waals surface area contributed by atoms with Crippen LogP contribution < -0.4 is 0 Å². The van der Waals surface area contributed by atoms with Gasteiger partial charge < -0.3 is 14.2 Å². The molecule has 1 aliphatic rings. The SMILES string of the molecule is COCC1(C)COC1.[2H][CH-]O[CH-]C.[W+2]. The van der Waals surface area contributed by atoms with Crippen LogP contribution in [0, 0.1) is 19.1 Å². The first-order valence-corrected chi connectivity index (χ1v) is 3.88. The zero-order chi connectivity index (χ0) is 10.2. The van der Waals surface area contributed by atoms with Crippen LogP contribution in [0.25, 0.3) is 0 Å². The van der Waals surface area contributed by atoms with Crippen LogP contribution in [-0.4, -0.2) is 26.9 Å². The van der Waals surface area contributed by atoms with Crippen LogP contribution in [0.3, 0.4) is 0 Å². The largest absolute Gasteiger partial charge is 2.00 e.